The van der Waals surface area contributed by atoms with Crippen LogP contribution in [0.3, 0.4) is 0 Å². The van der Waals surface area contributed by atoms with Crippen molar-refractivity contribution >= 4 is 0 Å². The fraction of sp³-hybridized carbons (Fsp3) is 1.00. The fourth-order valence-corrected chi connectivity index (χ4v) is 3.20. The zero-order valence-electron chi connectivity index (χ0n) is 12.7. The van der Waals surface area contributed by atoms with Crippen LogP contribution in [0.15, 0.2) is 0 Å². The van der Waals surface area contributed by atoms with E-state index < -0.39 is 0 Å². The molecule has 1 fully saturated rings. The van der Waals surface area contributed by atoms with Crippen molar-refractivity contribution in [2.75, 3.05) is 20.1 Å². The van der Waals surface area contributed by atoms with Gasteiger partial charge in [-0.2, -0.15) is 0 Å². The Morgan fingerprint density at radius 1 is 1.29 bits per heavy atom. The molecule has 1 saturated carbocycles. The van der Waals surface area contributed by atoms with Crippen LogP contribution in [-0.2, 0) is 0 Å². The standard InChI is InChI=1S/C15H32N2/c1-12(2)17(6)8-7-16-14-9-13(3)10-15(4,5)11-14/h12-14,16H,7-11H2,1-6H3. The van der Waals surface area contributed by atoms with E-state index in [4.69, 9.17) is 0 Å². The molecular formula is C15H32N2. The molecule has 2 unspecified atom stereocenters. The van der Waals surface area contributed by atoms with Gasteiger partial charge in [-0.25, -0.2) is 0 Å². The Balaban J connectivity index is 2.27. The van der Waals surface area contributed by atoms with Crippen LogP contribution in [0.25, 0.3) is 0 Å². The molecule has 0 bridgehead atoms. The monoisotopic (exact) mass is 240 g/mol. The highest BCUT2D eigenvalue weighted by Crippen LogP contribution is 2.38. The van der Waals surface area contributed by atoms with Gasteiger partial charge < -0.3 is 10.2 Å². The molecule has 1 rings (SSSR count). The molecule has 0 aliphatic heterocycles. The zero-order valence-corrected chi connectivity index (χ0v) is 12.7. The van der Waals surface area contributed by atoms with Gasteiger partial charge in [-0.3, -0.25) is 0 Å². The van der Waals surface area contributed by atoms with Crippen molar-refractivity contribution in [1.29, 1.82) is 0 Å². The molecule has 0 aromatic carbocycles. The van der Waals surface area contributed by atoms with Crippen LogP contribution in [0.4, 0.5) is 0 Å². The molecule has 0 amide bonds. The molecule has 0 radical (unpaired) electrons. The Morgan fingerprint density at radius 3 is 2.47 bits per heavy atom. The van der Waals surface area contributed by atoms with E-state index in [-0.39, 0.29) is 0 Å². The maximum absolute atomic E-state index is 3.75. The fourth-order valence-electron chi connectivity index (χ4n) is 3.20. The minimum absolute atomic E-state index is 0.527. The second kappa shape index (κ2) is 6.19. The van der Waals surface area contributed by atoms with Gasteiger partial charge in [-0.05, 0) is 51.5 Å². The molecule has 1 aliphatic carbocycles. The largest absolute Gasteiger partial charge is 0.313 e. The van der Waals surface area contributed by atoms with Gasteiger partial charge >= 0.3 is 0 Å². The van der Waals surface area contributed by atoms with Gasteiger partial charge in [0.15, 0.2) is 0 Å². The summed E-state index contributed by atoms with van der Waals surface area (Å²) in [6, 6.07) is 1.38. The number of nitrogens with zero attached hydrogens (tertiary/aromatic N) is 1. The first kappa shape index (κ1) is 15.0. The lowest BCUT2D eigenvalue weighted by Crippen LogP contribution is -2.43. The maximum Gasteiger partial charge on any atom is 0.0107 e. The van der Waals surface area contributed by atoms with E-state index in [1.165, 1.54) is 19.3 Å². The summed E-state index contributed by atoms with van der Waals surface area (Å²) in [6.45, 7) is 14.0. The second-order valence-corrected chi connectivity index (χ2v) is 7.14. The smallest absolute Gasteiger partial charge is 0.0107 e. The van der Waals surface area contributed by atoms with E-state index in [0.717, 1.165) is 25.0 Å². The van der Waals surface area contributed by atoms with Crippen molar-refractivity contribution in [3.05, 3.63) is 0 Å². The van der Waals surface area contributed by atoms with Crippen LogP contribution in [0.2, 0.25) is 0 Å². The second-order valence-electron chi connectivity index (χ2n) is 7.14. The molecular weight excluding hydrogens is 208 g/mol. The third-order valence-corrected chi connectivity index (χ3v) is 4.17. The molecule has 0 heterocycles. The molecule has 102 valence electrons. The van der Waals surface area contributed by atoms with Gasteiger partial charge in [0.25, 0.3) is 0 Å². The molecule has 1 aliphatic rings. The van der Waals surface area contributed by atoms with Gasteiger partial charge in [-0.1, -0.05) is 20.8 Å². The first-order valence-corrected chi connectivity index (χ1v) is 7.24. The highest BCUT2D eigenvalue weighted by molar-refractivity contribution is 4.86. The SMILES string of the molecule is CC1CC(NCCN(C)C(C)C)CC(C)(C)C1. The topological polar surface area (TPSA) is 15.3 Å². The maximum atomic E-state index is 3.75. The summed E-state index contributed by atoms with van der Waals surface area (Å²) in [6.07, 6.45) is 4.08. The third-order valence-electron chi connectivity index (χ3n) is 4.17. The van der Waals surface area contributed by atoms with Crippen molar-refractivity contribution in [1.82, 2.24) is 10.2 Å². The molecule has 17 heavy (non-hydrogen) atoms. The number of hydrogen-bond acceptors (Lipinski definition) is 2. The van der Waals surface area contributed by atoms with Crippen molar-refractivity contribution in [3.63, 3.8) is 0 Å². The Labute approximate surface area is 108 Å². The molecule has 0 saturated heterocycles. The summed E-state index contributed by atoms with van der Waals surface area (Å²) in [5.41, 5.74) is 0.527. The molecule has 2 atom stereocenters. The van der Waals surface area contributed by atoms with E-state index in [2.05, 4.69) is 51.9 Å². The first-order valence-electron chi connectivity index (χ1n) is 7.24. The number of nitrogens with one attached hydrogen (secondary N) is 1. The minimum Gasteiger partial charge on any atom is -0.313 e. The van der Waals surface area contributed by atoms with Gasteiger partial charge in [0.05, 0.1) is 0 Å². The van der Waals surface area contributed by atoms with Gasteiger partial charge in [-0.15, -0.1) is 0 Å². The molecule has 2 heteroatoms. The van der Waals surface area contributed by atoms with Gasteiger partial charge in [0, 0.05) is 25.2 Å². The summed E-state index contributed by atoms with van der Waals surface area (Å²) in [5, 5.41) is 3.75. The van der Waals surface area contributed by atoms with E-state index in [1.807, 2.05) is 0 Å². The van der Waals surface area contributed by atoms with E-state index in [1.54, 1.807) is 0 Å². The highest BCUT2D eigenvalue weighted by atomic mass is 15.1. The van der Waals surface area contributed by atoms with E-state index in [0.29, 0.717) is 11.5 Å². The number of rotatable bonds is 5. The molecule has 0 aromatic rings. The molecule has 0 aromatic heterocycles. The summed E-state index contributed by atoms with van der Waals surface area (Å²) < 4.78 is 0. The molecule has 0 spiro atoms. The Kier molecular flexibility index (Phi) is 5.46. The van der Waals surface area contributed by atoms with E-state index >= 15 is 0 Å². The summed E-state index contributed by atoms with van der Waals surface area (Å²) in [7, 11) is 2.21. The lowest BCUT2D eigenvalue weighted by molar-refractivity contribution is 0.148. The average molecular weight is 240 g/mol. The molecule has 2 nitrogen and oxygen atoms in total. The Bertz CT molecular complexity index is 223. The highest BCUT2D eigenvalue weighted by Gasteiger charge is 2.31. The Hall–Kier alpha value is -0.0800. The van der Waals surface area contributed by atoms with Crippen molar-refractivity contribution < 1.29 is 0 Å². The lowest BCUT2D eigenvalue weighted by Gasteiger charge is -2.39. The summed E-state index contributed by atoms with van der Waals surface area (Å²) >= 11 is 0. The number of hydrogen-bond donors (Lipinski definition) is 1. The van der Waals surface area contributed by atoms with Crippen molar-refractivity contribution in [2.24, 2.45) is 11.3 Å². The third kappa shape index (κ3) is 5.39. The van der Waals surface area contributed by atoms with Gasteiger partial charge in [0.1, 0.15) is 0 Å². The lowest BCUT2D eigenvalue weighted by atomic mass is 9.70. The van der Waals surface area contributed by atoms with Crippen LogP contribution in [0, 0.1) is 11.3 Å². The van der Waals surface area contributed by atoms with E-state index in [9.17, 15) is 0 Å². The Morgan fingerprint density at radius 2 is 1.94 bits per heavy atom. The normalized spacial score (nSPS) is 28.9. The summed E-state index contributed by atoms with van der Waals surface area (Å²) in [5.74, 6) is 0.874. The van der Waals surface area contributed by atoms with Crippen LogP contribution < -0.4 is 5.32 Å². The van der Waals surface area contributed by atoms with Crippen LogP contribution in [0.1, 0.15) is 53.9 Å². The van der Waals surface area contributed by atoms with Crippen LogP contribution in [-0.4, -0.2) is 37.1 Å². The summed E-state index contributed by atoms with van der Waals surface area (Å²) in [4.78, 5) is 2.41. The zero-order chi connectivity index (χ0) is 13.1. The predicted octanol–water partition coefficient (Wildman–Crippen LogP) is 3.13. The average Bonchev–Trinajstić information content (AvgIpc) is 2.13. The quantitative estimate of drug-likeness (QED) is 0.794. The van der Waals surface area contributed by atoms with Crippen LogP contribution >= 0.6 is 0 Å². The molecule has 1 N–H and O–H groups in total. The van der Waals surface area contributed by atoms with Gasteiger partial charge in [0.2, 0.25) is 0 Å². The number of likely N-dealkylation sites (N-methyl/N-ethyl adjacent to an activating group) is 1. The predicted molar refractivity (Wildman–Crippen MR) is 76.4 cm³/mol. The van der Waals surface area contributed by atoms with Crippen LogP contribution in [0.5, 0.6) is 0 Å². The van der Waals surface area contributed by atoms with Crippen molar-refractivity contribution in [2.45, 2.75) is 66.0 Å². The minimum atomic E-state index is 0.527. The van der Waals surface area contributed by atoms with Crippen molar-refractivity contribution in [3.8, 4) is 0 Å². The first-order chi connectivity index (χ1) is 7.80.